The number of tetrazole rings is 1. The van der Waals surface area contributed by atoms with E-state index >= 15 is 0 Å². The van der Waals surface area contributed by atoms with E-state index in [2.05, 4.69) is 20.8 Å². The van der Waals surface area contributed by atoms with Crippen LogP contribution in [0.2, 0.25) is 5.02 Å². The van der Waals surface area contributed by atoms with Crippen LogP contribution in [-0.2, 0) is 0 Å². The van der Waals surface area contributed by atoms with Gasteiger partial charge in [-0.1, -0.05) is 34.9 Å². The lowest BCUT2D eigenvalue weighted by Crippen LogP contribution is -2.32. The molecular formula is C21H13ClFN5OS. The first-order valence-corrected chi connectivity index (χ1v) is 10.5. The van der Waals surface area contributed by atoms with Crippen molar-refractivity contribution >= 4 is 34.6 Å². The van der Waals surface area contributed by atoms with Crippen LogP contribution in [0.15, 0.2) is 64.9 Å². The van der Waals surface area contributed by atoms with Crippen molar-refractivity contribution in [3.05, 3.63) is 92.4 Å². The summed E-state index contributed by atoms with van der Waals surface area (Å²) in [7, 11) is 0. The molecule has 6 nitrogen and oxygen atoms in total. The van der Waals surface area contributed by atoms with Crippen molar-refractivity contribution in [3.8, 4) is 5.75 Å². The molecule has 0 saturated carbocycles. The molecular weight excluding hydrogens is 425 g/mol. The first kappa shape index (κ1) is 17.6. The van der Waals surface area contributed by atoms with Gasteiger partial charge in [-0.05, 0) is 51.5 Å². The molecule has 0 bridgehead atoms. The number of fused-ring (bicyclic) bond motifs is 3. The Bertz CT molecular complexity index is 1300. The standard InChI is InChI=1S/C21H13ClFN5OS/c22-12-5-6-16-14(9-12)18-17(20(29-16)11-7-8-30-10-11)19(13-3-1-2-4-15(13)23)28-21(24-18)25-26-27-28/h1-10,19-20H,(H,24,25,27)/t19-,20+/m0/s1. The van der Waals surface area contributed by atoms with E-state index in [9.17, 15) is 4.39 Å². The number of benzene rings is 2. The summed E-state index contributed by atoms with van der Waals surface area (Å²) in [6.45, 7) is 0. The van der Waals surface area contributed by atoms with Crippen LogP contribution in [0.1, 0.15) is 28.8 Å². The van der Waals surface area contributed by atoms with E-state index in [1.165, 1.54) is 6.07 Å². The summed E-state index contributed by atoms with van der Waals surface area (Å²) in [5.74, 6) is 0.785. The van der Waals surface area contributed by atoms with Crippen LogP contribution in [0.4, 0.5) is 10.3 Å². The molecule has 0 spiro atoms. The van der Waals surface area contributed by atoms with Crippen molar-refractivity contribution in [2.75, 3.05) is 5.32 Å². The van der Waals surface area contributed by atoms with E-state index in [4.69, 9.17) is 16.3 Å². The monoisotopic (exact) mass is 437 g/mol. The van der Waals surface area contributed by atoms with Gasteiger partial charge in [0.15, 0.2) is 6.10 Å². The van der Waals surface area contributed by atoms with Gasteiger partial charge >= 0.3 is 0 Å². The molecule has 4 heterocycles. The highest BCUT2D eigenvalue weighted by molar-refractivity contribution is 7.08. The fourth-order valence-electron chi connectivity index (χ4n) is 4.06. The number of nitrogens with zero attached hydrogens (tertiary/aromatic N) is 4. The van der Waals surface area contributed by atoms with Crippen LogP contribution in [0.3, 0.4) is 0 Å². The van der Waals surface area contributed by atoms with Gasteiger partial charge in [-0.25, -0.2) is 4.39 Å². The number of hydrogen-bond acceptors (Lipinski definition) is 6. The van der Waals surface area contributed by atoms with Crippen molar-refractivity contribution in [1.29, 1.82) is 0 Å². The van der Waals surface area contributed by atoms with Crippen molar-refractivity contribution < 1.29 is 9.13 Å². The third-order valence-electron chi connectivity index (χ3n) is 5.34. The molecule has 2 aromatic heterocycles. The van der Waals surface area contributed by atoms with Crippen molar-refractivity contribution in [3.63, 3.8) is 0 Å². The van der Waals surface area contributed by atoms with E-state index in [-0.39, 0.29) is 5.82 Å². The summed E-state index contributed by atoms with van der Waals surface area (Å²) < 4.78 is 23.0. The fourth-order valence-corrected chi connectivity index (χ4v) is 4.90. The highest BCUT2D eigenvalue weighted by Crippen LogP contribution is 2.51. The highest BCUT2D eigenvalue weighted by Gasteiger charge is 2.42. The van der Waals surface area contributed by atoms with Crippen LogP contribution in [-0.4, -0.2) is 20.2 Å². The minimum Gasteiger partial charge on any atom is -0.480 e. The van der Waals surface area contributed by atoms with Crippen LogP contribution >= 0.6 is 22.9 Å². The third kappa shape index (κ3) is 2.57. The van der Waals surface area contributed by atoms with Gasteiger partial charge in [0, 0.05) is 27.3 Å². The van der Waals surface area contributed by atoms with Gasteiger partial charge in [-0.15, -0.1) is 0 Å². The average Bonchev–Trinajstić information content (AvgIpc) is 3.44. The predicted molar refractivity (Wildman–Crippen MR) is 112 cm³/mol. The van der Waals surface area contributed by atoms with Gasteiger partial charge < -0.3 is 10.1 Å². The minimum atomic E-state index is -0.579. The van der Waals surface area contributed by atoms with E-state index in [0.717, 1.165) is 22.4 Å². The molecule has 30 heavy (non-hydrogen) atoms. The molecule has 0 radical (unpaired) electrons. The molecule has 148 valence electrons. The van der Waals surface area contributed by atoms with Crippen LogP contribution in [0.5, 0.6) is 5.75 Å². The second-order valence-corrected chi connectivity index (χ2v) is 8.24. The zero-order valence-electron chi connectivity index (χ0n) is 15.3. The summed E-state index contributed by atoms with van der Waals surface area (Å²) in [4.78, 5) is 0. The van der Waals surface area contributed by atoms with Gasteiger partial charge in [0.1, 0.15) is 17.6 Å². The summed E-state index contributed by atoms with van der Waals surface area (Å²) >= 11 is 7.87. The SMILES string of the molecule is Fc1ccccc1[C@H]1C2=C(Nc3nnnn31)c1cc(Cl)ccc1O[C@@H]2c1ccsc1. The maximum atomic E-state index is 15.0. The van der Waals surface area contributed by atoms with E-state index in [1.807, 2.05) is 29.0 Å². The lowest BCUT2D eigenvalue weighted by Gasteiger charge is -2.38. The summed E-state index contributed by atoms with van der Waals surface area (Å²) in [6.07, 6.45) is -0.436. The Morgan fingerprint density at radius 2 is 2.07 bits per heavy atom. The Labute approximate surface area is 179 Å². The summed E-state index contributed by atoms with van der Waals surface area (Å²) in [6, 6.07) is 13.6. The lowest BCUT2D eigenvalue weighted by molar-refractivity contribution is 0.222. The maximum absolute atomic E-state index is 15.0. The molecule has 0 aliphatic carbocycles. The Morgan fingerprint density at radius 3 is 2.90 bits per heavy atom. The number of thiophene rings is 1. The minimum absolute atomic E-state index is 0.335. The topological polar surface area (TPSA) is 64.9 Å². The first-order valence-electron chi connectivity index (χ1n) is 9.23. The normalized spacial score (nSPS) is 19.4. The smallest absolute Gasteiger partial charge is 0.248 e. The Morgan fingerprint density at radius 1 is 1.17 bits per heavy atom. The van der Waals surface area contributed by atoms with Crippen LogP contribution in [0, 0.1) is 5.82 Å². The molecule has 9 heteroatoms. The fraction of sp³-hybridized carbons (Fsp3) is 0.0952. The molecule has 0 unspecified atom stereocenters. The highest BCUT2D eigenvalue weighted by atomic mass is 35.5. The van der Waals surface area contributed by atoms with Crippen molar-refractivity contribution in [2.24, 2.45) is 0 Å². The van der Waals surface area contributed by atoms with Crippen LogP contribution in [0.25, 0.3) is 5.70 Å². The van der Waals surface area contributed by atoms with Gasteiger partial charge in [-0.2, -0.15) is 16.0 Å². The first-order chi connectivity index (χ1) is 14.7. The van der Waals surface area contributed by atoms with E-state index < -0.39 is 12.1 Å². The maximum Gasteiger partial charge on any atom is 0.248 e. The van der Waals surface area contributed by atoms with E-state index in [0.29, 0.717) is 22.3 Å². The second-order valence-electron chi connectivity index (χ2n) is 7.02. The summed E-state index contributed by atoms with van der Waals surface area (Å²) in [5, 5.41) is 20.0. The number of aromatic nitrogens is 4. The number of ether oxygens (including phenoxy) is 1. The van der Waals surface area contributed by atoms with Gasteiger partial charge in [0.2, 0.25) is 5.95 Å². The molecule has 2 atom stereocenters. The lowest BCUT2D eigenvalue weighted by atomic mass is 9.85. The molecule has 0 saturated heterocycles. The molecule has 4 aromatic rings. The number of anilines is 1. The average molecular weight is 438 g/mol. The molecule has 2 aromatic carbocycles. The van der Waals surface area contributed by atoms with Gasteiger partial charge in [0.05, 0.1) is 5.70 Å². The molecule has 0 amide bonds. The predicted octanol–water partition coefficient (Wildman–Crippen LogP) is 5.09. The Hall–Kier alpha value is -3.23. The molecule has 1 N–H and O–H groups in total. The molecule has 0 fully saturated rings. The number of nitrogens with one attached hydrogen (secondary N) is 1. The van der Waals surface area contributed by atoms with E-state index in [1.54, 1.807) is 40.3 Å². The molecule has 2 aliphatic heterocycles. The molecule has 2 aliphatic rings. The van der Waals surface area contributed by atoms with Crippen molar-refractivity contribution in [2.45, 2.75) is 12.1 Å². The molecule has 6 rings (SSSR count). The van der Waals surface area contributed by atoms with Gasteiger partial charge in [0.25, 0.3) is 0 Å². The summed E-state index contributed by atoms with van der Waals surface area (Å²) in [5.41, 5.74) is 3.85. The third-order valence-corrected chi connectivity index (χ3v) is 6.28. The van der Waals surface area contributed by atoms with Gasteiger partial charge in [-0.3, -0.25) is 0 Å². The van der Waals surface area contributed by atoms with Crippen LogP contribution < -0.4 is 10.1 Å². The number of halogens is 2. The Kier molecular flexibility index (Phi) is 3.90. The second kappa shape index (κ2) is 6.65. The number of hydrogen-bond donors (Lipinski definition) is 1. The Balaban J connectivity index is 1.67. The number of rotatable bonds is 2. The zero-order valence-corrected chi connectivity index (χ0v) is 16.9. The quantitative estimate of drug-likeness (QED) is 0.473. The largest absolute Gasteiger partial charge is 0.480 e. The van der Waals surface area contributed by atoms with Crippen molar-refractivity contribution in [1.82, 2.24) is 20.2 Å². The zero-order chi connectivity index (χ0) is 20.2.